The van der Waals surface area contributed by atoms with Crippen molar-refractivity contribution in [3.63, 3.8) is 0 Å². The molecule has 0 fully saturated rings. The molecule has 0 heterocycles. The second-order valence-electron chi connectivity index (χ2n) is 5.31. The van der Waals surface area contributed by atoms with E-state index < -0.39 is 18.1 Å². The van der Waals surface area contributed by atoms with Gasteiger partial charge in [0.05, 0.1) is 5.56 Å². The lowest BCUT2D eigenvalue weighted by Gasteiger charge is -2.21. The molecule has 0 amide bonds. The lowest BCUT2D eigenvalue weighted by molar-refractivity contribution is -0.0851. The van der Waals surface area contributed by atoms with Gasteiger partial charge >= 0.3 is 5.97 Å². The summed E-state index contributed by atoms with van der Waals surface area (Å²) < 4.78 is 29.8. The molecule has 1 unspecified atom stereocenters. The number of carbonyl (C=O) groups excluding carboxylic acids is 1. The molecule has 0 aliphatic heterocycles. The molecule has 2 rings (SSSR count). The van der Waals surface area contributed by atoms with Crippen molar-refractivity contribution < 1.29 is 23.4 Å². The number of para-hydroxylation sites is 1. The van der Waals surface area contributed by atoms with E-state index in [4.69, 9.17) is 14.2 Å². The van der Waals surface area contributed by atoms with Gasteiger partial charge < -0.3 is 14.2 Å². The smallest absolute Gasteiger partial charge is 0.343 e. The summed E-state index contributed by atoms with van der Waals surface area (Å²) in [4.78, 5) is 12.1. The zero-order valence-corrected chi connectivity index (χ0v) is 13.3. The second-order valence-corrected chi connectivity index (χ2v) is 5.31. The van der Waals surface area contributed by atoms with E-state index in [1.165, 1.54) is 25.3 Å². The fraction of sp³-hybridized carbons (Fsp3) is 0.278. The highest BCUT2D eigenvalue weighted by Crippen LogP contribution is 2.23. The minimum atomic E-state index is -0.607. The van der Waals surface area contributed by atoms with Crippen LogP contribution in [0.5, 0.6) is 11.5 Å². The van der Waals surface area contributed by atoms with E-state index in [2.05, 4.69) is 0 Å². The van der Waals surface area contributed by atoms with Crippen LogP contribution in [0, 0.1) is 11.7 Å². The van der Waals surface area contributed by atoms with Crippen molar-refractivity contribution in [2.45, 2.75) is 20.1 Å². The van der Waals surface area contributed by atoms with Crippen LogP contribution in [-0.2, 0) is 4.74 Å². The van der Waals surface area contributed by atoms with Crippen molar-refractivity contribution >= 4 is 5.97 Å². The molecule has 0 spiro atoms. The molecule has 23 heavy (non-hydrogen) atoms. The van der Waals surface area contributed by atoms with Gasteiger partial charge in [0, 0.05) is 13.0 Å². The average molecular weight is 318 g/mol. The Balaban J connectivity index is 2.17. The molecule has 0 bridgehead atoms. The van der Waals surface area contributed by atoms with Crippen LogP contribution in [0.3, 0.4) is 0 Å². The Labute approximate surface area is 134 Å². The Kier molecular flexibility index (Phi) is 5.71. The molecule has 0 aromatic heterocycles. The number of esters is 1. The van der Waals surface area contributed by atoms with Gasteiger partial charge in [-0.25, -0.2) is 9.18 Å². The van der Waals surface area contributed by atoms with Gasteiger partial charge in [-0.1, -0.05) is 32.0 Å². The average Bonchev–Trinajstić information content (AvgIpc) is 2.54. The number of ether oxygens (including phenoxy) is 3. The van der Waals surface area contributed by atoms with Gasteiger partial charge in [-0.05, 0) is 30.3 Å². The van der Waals surface area contributed by atoms with Crippen molar-refractivity contribution in [2.75, 3.05) is 7.11 Å². The second kappa shape index (κ2) is 7.74. The van der Waals surface area contributed by atoms with Crippen LogP contribution in [0.4, 0.5) is 4.39 Å². The Bertz CT molecular complexity index is 655. The van der Waals surface area contributed by atoms with Crippen LogP contribution in [0.25, 0.3) is 0 Å². The van der Waals surface area contributed by atoms with Crippen molar-refractivity contribution in [1.82, 2.24) is 0 Å². The number of hydrogen-bond donors (Lipinski definition) is 0. The van der Waals surface area contributed by atoms with Gasteiger partial charge in [0.15, 0.2) is 11.6 Å². The maximum atomic E-state index is 13.9. The topological polar surface area (TPSA) is 44.8 Å². The summed E-state index contributed by atoms with van der Waals surface area (Å²) in [6.07, 6.45) is -0.607. The van der Waals surface area contributed by atoms with E-state index in [1.54, 1.807) is 24.3 Å². The fourth-order valence-corrected chi connectivity index (χ4v) is 1.96. The van der Waals surface area contributed by atoms with E-state index in [0.29, 0.717) is 5.75 Å². The Hall–Kier alpha value is -2.40. The van der Waals surface area contributed by atoms with E-state index >= 15 is 0 Å². The normalized spacial score (nSPS) is 12.0. The standard InChI is InChI=1S/C18H19FO4/c1-12(2)18(21-3)23-16-11-13(9-10-15(16)19)17(20)22-14-7-5-4-6-8-14/h4-12,18H,1-3H3. The first-order chi connectivity index (χ1) is 11.0. The van der Waals surface area contributed by atoms with Gasteiger partial charge in [-0.15, -0.1) is 0 Å². The quantitative estimate of drug-likeness (QED) is 0.458. The molecule has 0 aliphatic rings. The number of benzene rings is 2. The van der Waals surface area contributed by atoms with Crippen LogP contribution in [0.15, 0.2) is 48.5 Å². The first-order valence-electron chi connectivity index (χ1n) is 7.27. The van der Waals surface area contributed by atoms with Crippen molar-refractivity contribution in [1.29, 1.82) is 0 Å². The van der Waals surface area contributed by atoms with Crippen LogP contribution < -0.4 is 9.47 Å². The molecular formula is C18H19FO4. The lowest BCUT2D eigenvalue weighted by Crippen LogP contribution is -2.25. The molecule has 0 saturated heterocycles. The summed E-state index contributed by atoms with van der Waals surface area (Å²) in [5, 5.41) is 0. The Morgan fingerprint density at radius 1 is 1.09 bits per heavy atom. The van der Waals surface area contributed by atoms with Crippen molar-refractivity contribution in [3.8, 4) is 11.5 Å². The molecule has 1 atom stereocenters. The highest BCUT2D eigenvalue weighted by molar-refractivity contribution is 5.91. The molecule has 5 heteroatoms. The highest BCUT2D eigenvalue weighted by Gasteiger charge is 2.18. The fourth-order valence-electron chi connectivity index (χ4n) is 1.96. The number of carbonyl (C=O) groups is 1. The predicted octanol–water partition coefficient (Wildman–Crippen LogP) is 4.05. The third kappa shape index (κ3) is 4.53. The van der Waals surface area contributed by atoms with Crippen LogP contribution >= 0.6 is 0 Å². The van der Waals surface area contributed by atoms with Crippen LogP contribution in [-0.4, -0.2) is 19.4 Å². The Morgan fingerprint density at radius 3 is 2.39 bits per heavy atom. The SMILES string of the molecule is COC(Oc1cc(C(=O)Oc2ccccc2)ccc1F)C(C)C. The van der Waals surface area contributed by atoms with Gasteiger partial charge in [-0.2, -0.15) is 0 Å². The molecule has 2 aromatic carbocycles. The monoisotopic (exact) mass is 318 g/mol. The summed E-state index contributed by atoms with van der Waals surface area (Å²) in [5.41, 5.74) is 0.198. The molecule has 122 valence electrons. The van der Waals surface area contributed by atoms with E-state index in [-0.39, 0.29) is 17.2 Å². The zero-order chi connectivity index (χ0) is 16.8. The van der Waals surface area contributed by atoms with E-state index in [9.17, 15) is 9.18 Å². The van der Waals surface area contributed by atoms with Gasteiger partial charge in [0.25, 0.3) is 0 Å². The number of hydrogen-bond acceptors (Lipinski definition) is 4. The van der Waals surface area contributed by atoms with E-state index in [1.807, 2.05) is 19.9 Å². The number of rotatable bonds is 6. The summed E-state index contributed by atoms with van der Waals surface area (Å²) in [6, 6.07) is 12.5. The highest BCUT2D eigenvalue weighted by atomic mass is 19.1. The molecular weight excluding hydrogens is 299 g/mol. The van der Waals surface area contributed by atoms with Crippen LogP contribution in [0.1, 0.15) is 24.2 Å². The third-order valence-corrected chi connectivity index (χ3v) is 3.14. The summed E-state index contributed by atoms with van der Waals surface area (Å²) >= 11 is 0. The number of halogens is 1. The zero-order valence-electron chi connectivity index (χ0n) is 13.3. The maximum Gasteiger partial charge on any atom is 0.343 e. The lowest BCUT2D eigenvalue weighted by atomic mass is 10.2. The molecule has 0 N–H and O–H groups in total. The molecule has 0 aliphatic carbocycles. The first-order valence-corrected chi connectivity index (χ1v) is 7.27. The van der Waals surface area contributed by atoms with Gasteiger partial charge in [0.1, 0.15) is 5.75 Å². The van der Waals surface area contributed by atoms with Crippen molar-refractivity contribution in [3.05, 3.63) is 59.9 Å². The molecule has 4 nitrogen and oxygen atoms in total. The first kappa shape index (κ1) is 17.0. The minimum absolute atomic E-state index is 0.0272. The van der Waals surface area contributed by atoms with Crippen molar-refractivity contribution in [2.24, 2.45) is 5.92 Å². The molecule has 0 radical (unpaired) electrons. The summed E-state index contributed by atoms with van der Waals surface area (Å²) in [5.74, 6) is -0.753. The van der Waals surface area contributed by atoms with Gasteiger partial charge in [0.2, 0.25) is 6.29 Å². The largest absolute Gasteiger partial charge is 0.462 e. The summed E-state index contributed by atoms with van der Waals surface area (Å²) in [7, 11) is 1.48. The predicted molar refractivity (Wildman–Crippen MR) is 84.1 cm³/mol. The Morgan fingerprint density at radius 2 is 1.78 bits per heavy atom. The molecule has 2 aromatic rings. The third-order valence-electron chi connectivity index (χ3n) is 3.14. The van der Waals surface area contributed by atoms with E-state index in [0.717, 1.165) is 0 Å². The maximum absolute atomic E-state index is 13.9. The minimum Gasteiger partial charge on any atom is -0.462 e. The van der Waals surface area contributed by atoms with Gasteiger partial charge in [-0.3, -0.25) is 0 Å². The molecule has 0 saturated carbocycles. The number of methoxy groups -OCH3 is 1. The van der Waals surface area contributed by atoms with Crippen LogP contribution in [0.2, 0.25) is 0 Å². The summed E-state index contributed by atoms with van der Waals surface area (Å²) in [6.45, 7) is 3.78.